The summed E-state index contributed by atoms with van der Waals surface area (Å²) in [6.07, 6.45) is 0. The van der Waals surface area contributed by atoms with Crippen LogP contribution in [0.25, 0.3) is 0 Å². The number of amides is 1. The lowest BCUT2D eigenvalue weighted by Gasteiger charge is -2.23. The Morgan fingerprint density at radius 2 is 1.73 bits per heavy atom. The predicted octanol–water partition coefficient (Wildman–Crippen LogP) is 0.439. The second-order valence-electron chi connectivity index (χ2n) is 4.71. The molecule has 0 aliphatic heterocycles. The summed E-state index contributed by atoms with van der Waals surface area (Å²) in [5.74, 6) is 0.0654. The van der Waals surface area contributed by atoms with Crippen LogP contribution in [0.4, 0.5) is 0 Å². The molecule has 0 saturated carbocycles. The molecule has 0 spiro atoms. The first-order valence-corrected chi connectivity index (χ1v) is 5.54. The van der Waals surface area contributed by atoms with Crippen molar-refractivity contribution in [2.75, 3.05) is 20.6 Å². The zero-order valence-electron chi connectivity index (χ0n) is 10.8. The molecule has 0 radical (unpaired) electrons. The van der Waals surface area contributed by atoms with Crippen LogP contribution >= 0.6 is 0 Å². The fourth-order valence-electron chi connectivity index (χ4n) is 1.51. The highest BCUT2D eigenvalue weighted by molar-refractivity contribution is 5.81. The molecular weight excluding hydrogens is 190 g/mol. The summed E-state index contributed by atoms with van der Waals surface area (Å²) in [5, 5.41) is 6.15. The van der Waals surface area contributed by atoms with E-state index < -0.39 is 0 Å². The number of nitrogens with zero attached hydrogens (tertiary/aromatic N) is 1. The van der Waals surface area contributed by atoms with E-state index in [2.05, 4.69) is 22.5 Å². The number of hydrogen-bond donors (Lipinski definition) is 2. The van der Waals surface area contributed by atoms with Crippen LogP contribution < -0.4 is 10.6 Å². The van der Waals surface area contributed by atoms with Crippen molar-refractivity contribution in [2.45, 2.75) is 45.8 Å². The topological polar surface area (TPSA) is 44.4 Å². The van der Waals surface area contributed by atoms with Gasteiger partial charge < -0.3 is 15.5 Å². The second kappa shape index (κ2) is 6.80. The smallest absolute Gasteiger partial charge is 0.237 e. The van der Waals surface area contributed by atoms with Crippen LogP contribution in [0.5, 0.6) is 0 Å². The van der Waals surface area contributed by atoms with Gasteiger partial charge in [0.2, 0.25) is 5.91 Å². The van der Waals surface area contributed by atoms with Gasteiger partial charge in [0.25, 0.3) is 0 Å². The van der Waals surface area contributed by atoms with E-state index in [0.717, 1.165) is 6.54 Å². The molecule has 0 heterocycles. The highest BCUT2D eigenvalue weighted by Gasteiger charge is 2.15. The summed E-state index contributed by atoms with van der Waals surface area (Å²) >= 11 is 0. The highest BCUT2D eigenvalue weighted by Crippen LogP contribution is 1.91. The highest BCUT2D eigenvalue weighted by atomic mass is 16.2. The zero-order chi connectivity index (χ0) is 12.0. The Kier molecular flexibility index (Phi) is 6.52. The van der Waals surface area contributed by atoms with Gasteiger partial charge in [-0.3, -0.25) is 4.79 Å². The van der Waals surface area contributed by atoms with Gasteiger partial charge in [-0.1, -0.05) is 0 Å². The second-order valence-corrected chi connectivity index (χ2v) is 4.71. The summed E-state index contributed by atoms with van der Waals surface area (Å²) in [4.78, 5) is 13.7. The Morgan fingerprint density at radius 3 is 2.13 bits per heavy atom. The normalized spacial score (nSPS) is 15.5. The number of carbonyl (C=O) groups is 1. The first kappa shape index (κ1) is 14.4. The van der Waals surface area contributed by atoms with Crippen LogP contribution in [0.3, 0.4) is 0 Å². The molecule has 0 saturated heterocycles. The molecule has 0 fully saturated rings. The van der Waals surface area contributed by atoms with E-state index in [-0.39, 0.29) is 18.0 Å². The van der Waals surface area contributed by atoms with E-state index in [1.165, 1.54) is 0 Å². The molecule has 15 heavy (non-hydrogen) atoms. The molecule has 4 heteroatoms. The van der Waals surface area contributed by atoms with Crippen molar-refractivity contribution < 1.29 is 4.79 Å². The predicted molar refractivity (Wildman–Crippen MR) is 63.9 cm³/mol. The van der Waals surface area contributed by atoms with Crippen molar-refractivity contribution in [2.24, 2.45) is 0 Å². The first-order valence-electron chi connectivity index (χ1n) is 5.54. The molecule has 2 N–H and O–H groups in total. The maximum Gasteiger partial charge on any atom is 0.237 e. The monoisotopic (exact) mass is 215 g/mol. The maximum absolute atomic E-state index is 11.6. The molecule has 0 aromatic heterocycles. The first-order chi connectivity index (χ1) is 6.82. The summed E-state index contributed by atoms with van der Waals surface area (Å²) in [6, 6.07) is 0.376. The molecule has 1 amide bonds. The third-order valence-electron chi connectivity index (χ3n) is 2.00. The molecule has 90 valence electrons. The van der Waals surface area contributed by atoms with Crippen molar-refractivity contribution in [1.29, 1.82) is 0 Å². The molecule has 0 bridgehead atoms. The van der Waals surface area contributed by atoms with Gasteiger partial charge in [0.05, 0.1) is 6.04 Å². The lowest BCUT2D eigenvalue weighted by Crippen LogP contribution is -2.49. The minimum Gasteiger partial charge on any atom is -0.353 e. The largest absolute Gasteiger partial charge is 0.353 e. The van der Waals surface area contributed by atoms with Gasteiger partial charge in [0.15, 0.2) is 0 Å². The maximum atomic E-state index is 11.6. The molecule has 2 atom stereocenters. The van der Waals surface area contributed by atoms with Gasteiger partial charge in [-0.15, -0.1) is 0 Å². The van der Waals surface area contributed by atoms with Crippen molar-refractivity contribution >= 4 is 5.91 Å². The van der Waals surface area contributed by atoms with Gasteiger partial charge in [0, 0.05) is 18.6 Å². The van der Waals surface area contributed by atoms with Gasteiger partial charge in [-0.2, -0.15) is 0 Å². The van der Waals surface area contributed by atoms with Crippen LogP contribution in [0.15, 0.2) is 0 Å². The number of rotatable bonds is 6. The van der Waals surface area contributed by atoms with Crippen LogP contribution in [0.2, 0.25) is 0 Å². The van der Waals surface area contributed by atoms with Gasteiger partial charge in [-0.25, -0.2) is 0 Å². The van der Waals surface area contributed by atoms with Crippen molar-refractivity contribution in [3.05, 3.63) is 0 Å². The van der Waals surface area contributed by atoms with Crippen LogP contribution in [0, 0.1) is 0 Å². The SMILES string of the molecule is CC(C)NC(=O)C(C)NC(C)CN(C)C. The molecule has 0 aliphatic carbocycles. The van der Waals surface area contributed by atoms with E-state index in [1.807, 2.05) is 34.9 Å². The number of likely N-dealkylation sites (N-methyl/N-ethyl adjacent to an activating group) is 1. The lowest BCUT2D eigenvalue weighted by molar-refractivity contribution is -0.123. The number of carbonyl (C=O) groups excluding carboxylic acids is 1. The van der Waals surface area contributed by atoms with E-state index in [4.69, 9.17) is 0 Å². The van der Waals surface area contributed by atoms with E-state index >= 15 is 0 Å². The fourth-order valence-corrected chi connectivity index (χ4v) is 1.51. The quantitative estimate of drug-likeness (QED) is 0.676. The minimum absolute atomic E-state index is 0.0654. The lowest BCUT2D eigenvalue weighted by atomic mass is 10.2. The van der Waals surface area contributed by atoms with Gasteiger partial charge >= 0.3 is 0 Å². The van der Waals surface area contributed by atoms with Crippen LogP contribution in [-0.2, 0) is 4.79 Å². The van der Waals surface area contributed by atoms with Gasteiger partial charge in [0.1, 0.15) is 0 Å². The van der Waals surface area contributed by atoms with Gasteiger partial charge in [-0.05, 0) is 41.8 Å². The van der Waals surface area contributed by atoms with Crippen molar-refractivity contribution in [1.82, 2.24) is 15.5 Å². The molecule has 0 aliphatic rings. The van der Waals surface area contributed by atoms with Crippen LogP contribution in [0.1, 0.15) is 27.7 Å². The molecule has 2 unspecified atom stereocenters. The molecule has 0 aromatic carbocycles. The summed E-state index contributed by atoms with van der Waals surface area (Å²) in [6.45, 7) is 8.84. The standard InChI is InChI=1S/C11H25N3O/c1-8(2)12-11(15)10(4)13-9(3)7-14(5)6/h8-10,13H,7H2,1-6H3,(H,12,15). The average molecular weight is 215 g/mol. The Labute approximate surface area is 93.4 Å². The summed E-state index contributed by atoms with van der Waals surface area (Å²) in [5.41, 5.74) is 0. The van der Waals surface area contributed by atoms with Crippen molar-refractivity contribution in [3.8, 4) is 0 Å². The van der Waals surface area contributed by atoms with E-state index in [9.17, 15) is 4.79 Å². The Morgan fingerprint density at radius 1 is 1.20 bits per heavy atom. The Hall–Kier alpha value is -0.610. The van der Waals surface area contributed by atoms with Crippen molar-refractivity contribution in [3.63, 3.8) is 0 Å². The third kappa shape index (κ3) is 7.33. The fraction of sp³-hybridized carbons (Fsp3) is 0.909. The summed E-state index contributed by atoms with van der Waals surface area (Å²) in [7, 11) is 4.05. The molecular formula is C11H25N3O. The summed E-state index contributed by atoms with van der Waals surface area (Å²) < 4.78 is 0. The van der Waals surface area contributed by atoms with E-state index in [1.54, 1.807) is 0 Å². The Balaban J connectivity index is 3.90. The average Bonchev–Trinajstić information content (AvgIpc) is 2.00. The molecule has 0 aromatic rings. The number of nitrogens with one attached hydrogen (secondary N) is 2. The van der Waals surface area contributed by atoms with E-state index in [0.29, 0.717) is 6.04 Å². The Bertz CT molecular complexity index is 192. The molecule has 4 nitrogen and oxygen atoms in total. The molecule has 0 rings (SSSR count). The number of hydrogen-bond acceptors (Lipinski definition) is 3. The third-order valence-corrected chi connectivity index (χ3v) is 2.00. The minimum atomic E-state index is -0.137. The van der Waals surface area contributed by atoms with Crippen LogP contribution in [-0.4, -0.2) is 49.6 Å². The zero-order valence-corrected chi connectivity index (χ0v) is 10.8.